The largest absolute Gasteiger partial charge is 0.450 e. The average molecular weight is 359 g/mol. The Hall–Kier alpha value is -2.37. The number of hydrogen-bond acceptors (Lipinski definition) is 4. The number of alkyl halides is 1. The predicted molar refractivity (Wildman–Crippen MR) is 93.2 cm³/mol. The van der Waals surface area contributed by atoms with Gasteiger partial charge in [0.1, 0.15) is 0 Å². The molecule has 24 heavy (non-hydrogen) atoms. The van der Waals surface area contributed by atoms with E-state index >= 15 is 0 Å². The molecule has 0 radical (unpaired) electrons. The van der Waals surface area contributed by atoms with Crippen LogP contribution in [0.2, 0.25) is 5.28 Å². The topological polar surface area (TPSA) is 52.3 Å². The molecule has 5 nitrogen and oxygen atoms in total. The number of halogens is 2. The van der Waals surface area contributed by atoms with E-state index in [1.54, 1.807) is 18.2 Å². The Balaban J connectivity index is 1.60. The number of nitrogens with zero attached hydrogens (tertiary/aromatic N) is 4. The summed E-state index contributed by atoms with van der Waals surface area (Å²) in [5.41, 5.74) is 2.75. The molecule has 1 aliphatic rings. The second-order valence-electron chi connectivity index (χ2n) is 5.39. The highest BCUT2D eigenvalue weighted by Crippen LogP contribution is 2.36. The van der Waals surface area contributed by atoms with Gasteiger partial charge < -0.3 is 4.74 Å². The van der Waals surface area contributed by atoms with Gasteiger partial charge in [-0.25, -0.2) is 0 Å². The van der Waals surface area contributed by atoms with E-state index in [0.717, 1.165) is 11.1 Å². The highest BCUT2D eigenvalue weighted by Gasteiger charge is 2.31. The molecular formula is C17H12Cl2N4O. The first-order chi connectivity index (χ1) is 11.6. The van der Waals surface area contributed by atoms with Crippen molar-refractivity contribution in [3.63, 3.8) is 0 Å². The Morgan fingerprint density at radius 1 is 1.08 bits per heavy atom. The van der Waals surface area contributed by atoms with Crippen molar-refractivity contribution in [3.05, 3.63) is 71.5 Å². The van der Waals surface area contributed by atoms with Gasteiger partial charge in [-0.3, -0.25) is 0 Å². The second kappa shape index (κ2) is 5.92. The van der Waals surface area contributed by atoms with E-state index in [1.807, 2.05) is 42.5 Å². The summed E-state index contributed by atoms with van der Waals surface area (Å²) in [5.74, 6) is 0.346. The third kappa shape index (κ3) is 2.88. The average Bonchev–Trinajstić information content (AvgIpc) is 2.96. The monoisotopic (exact) mass is 358 g/mol. The lowest BCUT2D eigenvalue weighted by Crippen LogP contribution is -2.29. The van der Waals surface area contributed by atoms with E-state index in [1.165, 1.54) is 4.52 Å². The molecule has 3 aromatic rings. The van der Waals surface area contributed by atoms with Crippen LogP contribution in [0.1, 0.15) is 12.0 Å². The van der Waals surface area contributed by atoms with Crippen LogP contribution in [0.15, 0.2) is 60.7 Å². The normalized spacial score (nSPS) is 20.2. The quantitative estimate of drug-likeness (QED) is 0.660. The molecule has 1 aromatic carbocycles. The van der Waals surface area contributed by atoms with Gasteiger partial charge in [-0.2, -0.15) is 4.52 Å². The van der Waals surface area contributed by atoms with Crippen LogP contribution in [0.4, 0.5) is 0 Å². The molecule has 0 saturated heterocycles. The third-order valence-electron chi connectivity index (χ3n) is 3.69. The summed E-state index contributed by atoms with van der Waals surface area (Å²) in [6, 6.07) is 13.5. The fourth-order valence-corrected chi connectivity index (χ4v) is 3.04. The van der Waals surface area contributed by atoms with Crippen LogP contribution >= 0.6 is 23.2 Å². The maximum absolute atomic E-state index is 6.66. The van der Waals surface area contributed by atoms with Crippen LogP contribution in [0, 0.1) is 0 Å². The van der Waals surface area contributed by atoms with Crippen LogP contribution in [0.5, 0.6) is 5.88 Å². The molecule has 0 bridgehead atoms. The summed E-state index contributed by atoms with van der Waals surface area (Å²) in [5, 5.41) is 11.1. The summed E-state index contributed by atoms with van der Waals surface area (Å²) in [6.45, 7) is 0. The van der Waals surface area contributed by atoms with E-state index in [0.29, 0.717) is 17.9 Å². The van der Waals surface area contributed by atoms with Crippen molar-refractivity contribution in [2.45, 2.75) is 11.5 Å². The standard InChI is InChI=1S/C17H12Cl2N4O/c18-16-21-20-14-8-9-15(22-23(14)16)24-17(19)10-4-7-13(11-17)12-5-2-1-3-6-12/h1-10H,11H2. The number of rotatable bonds is 3. The van der Waals surface area contributed by atoms with E-state index in [4.69, 9.17) is 27.9 Å². The van der Waals surface area contributed by atoms with Gasteiger partial charge in [-0.15, -0.1) is 15.3 Å². The third-order valence-corrected chi connectivity index (χ3v) is 4.27. The van der Waals surface area contributed by atoms with Crippen LogP contribution in [-0.2, 0) is 0 Å². The molecule has 0 saturated carbocycles. The molecule has 4 rings (SSSR count). The molecule has 0 fully saturated rings. The SMILES string of the molecule is Clc1nnc2ccc(OC3(Cl)C=CC=C(c4ccccc4)C3)nn12. The Morgan fingerprint density at radius 3 is 2.75 bits per heavy atom. The highest BCUT2D eigenvalue weighted by molar-refractivity contribution is 6.28. The van der Waals surface area contributed by atoms with Crippen LogP contribution in [-0.4, -0.2) is 24.9 Å². The molecular weight excluding hydrogens is 347 g/mol. The molecule has 0 spiro atoms. The first-order valence-corrected chi connectivity index (χ1v) is 8.08. The molecule has 1 aliphatic carbocycles. The number of hydrogen-bond donors (Lipinski definition) is 0. The van der Waals surface area contributed by atoms with Gasteiger partial charge in [0.2, 0.25) is 16.2 Å². The lowest BCUT2D eigenvalue weighted by Gasteiger charge is -2.28. The fourth-order valence-electron chi connectivity index (χ4n) is 2.58. The number of ether oxygens (including phenoxy) is 1. The Labute approximate surface area is 148 Å². The second-order valence-corrected chi connectivity index (χ2v) is 6.37. The summed E-state index contributed by atoms with van der Waals surface area (Å²) >= 11 is 12.6. The van der Waals surface area contributed by atoms with Gasteiger partial charge in [0.05, 0.1) is 0 Å². The van der Waals surface area contributed by atoms with Crippen molar-refractivity contribution in [2.75, 3.05) is 0 Å². The lowest BCUT2D eigenvalue weighted by atomic mass is 9.95. The lowest BCUT2D eigenvalue weighted by molar-refractivity contribution is 0.200. The van der Waals surface area contributed by atoms with Gasteiger partial charge in [0.25, 0.3) is 0 Å². The zero-order valence-corrected chi connectivity index (χ0v) is 13.9. The van der Waals surface area contributed by atoms with Gasteiger partial charge in [-0.1, -0.05) is 54.1 Å². The summed E-state index contributed by atoms with van der Waals surface area (Å²) in [7, 11) is 0. The number of allylic oxidation sites excluding steroid dienone is 2. The Morgan fingerprint density at radius 2 is 1.92 bits per heavy atom. The van der Waals surface area contributed by atoms with Crippen molar-refractivity contribution >= 4 is 34.4 Å². The highest BCUT2D eigenvalue weighted by atomic mass is 35.5. The van der Waals surface area contributed by atoms with Crippen molar-refractivity contribution in [2.24, 2.45) is 0 Å². The minimum absolute atomic E-state index is 0.170. The van der Waals surface area contributed by atoms with E-state index in [-0.39, 0.29) is 5.28 Å². The van der Waals surface area contributed by atoms with E-state index in [2.05, 4.69) is 15.3 Å². The summed E-state index contributed by atoms with van der Waals surface area (Å²) < 4.78 is 7.32. The zero-order valence-electron chi connectivity index (χ0n) is 12.4. The minimum atomic E-state index is -1.01. The van der Waals surface area contributed by atoms with Crippen molar-refractivity contribution in [1.29, 1.82) is 0 Å². The maximum atomic E-state index is 6.66. The molecule has 1 atom stereocenters. The van der Waals surface area contributed by atoms with Crippen molar-refractivity contribution < 1.29 is 4.74 Å². The molecule has 120 valence electrons. The van der Waals surface area contributed by atoms with E-state index < -0.39 is 5.06 Å². The van der Waals surface area contributed by atoms with Crippen molar-refractivity contribution in [1.82, 2.24) is 19.8 Å². The minimum Gasteiger partial charge on any atom is -0.450 e. The van der Waals surface area contributed by atoms with Gasteiger partial charge in [0.15, 0.2) is 5.65 Å². The Bertz CT molecular complexity index is 952. The predicted octanol–water partition coefficient (Wildman–Crippen LogP) is 4.14. The van der Waals surface area contributed by atoms with Crippen LogP contribution in [0.25, 0.3) is 11.2 Å². The molecule has 1 unspecified atom stereocenters. The maximum Gasteiger partial charge on any atom is 0.246 e. The van der Waals surface area contributed by atoms with Gasteiger partial charge in [0, 0.05) is 12.5 Å². The van der Waals surface area contributed by atoms with Crippen LogP contribution in [0.3, 0.4) is 0 Å². The smallest absolute Gasteiger partial charge is 0.246 e. The van der Waals surface area contributed by atoms with Gasteiger partial charge in [-0.05, 0) is 34.9 Å². The first kappa shape index (κ1) is 15.2. The summed E-state index contributed by atoms with van der Waals surface area (Å²) in [6.07, 6.45) is 6.25. The molecule has 0 amide bonds. The first-order valence-electron chi connectivity index (χ1n) is 7.33. The number of fused-ring (bicyclic) bond motifs is 1. The fraction of sp³-hybridized carbons (Fsp3) is 0.118. The number of aromatic nitrogens is 4. The molecule has 2 aromatic heterocycles. The number of benzene rings is 1. The van der Waals surface area contributed by atoms with E-state index in [9.17, 15) is 0 Å². The van der Waals surface area contributed by atoms with Gasteiger partial charge >= 0.3 is 0 Å². The Kier molecular flexibility index (Phi) is 3.75. The van der Waals surface area contributed by atoms with Crippen LogP contribution < -0.4 is 4.74 Å². The zero-order chi connectivity index (χ0) is 16.6. The van der Waals surface area contributed by atoms with Crippen molar-refractivity contribution in [3.8, 4) is 5.88 Å². The molecule has 0 aliphatic heterocycles. The molecule has 0 N–H and O–H groups in total. The molecule has 7 heteroatoms. The molecule has 2 heterocycles. The summed E-state index contributed by atoms with van der Waals surface area (Å²) in [4.78, 5) is 0.